The molecule has 5 nitrogen and oxygen atoms in total. The summed E-state index contributed by atoms with van der Waals surface area (Å²) in [6.45, 7) is 6.29. The van der Waals surface area contributed by atoms with Gasteiger partial charge in [0, 0.05) is 18.5 Å². The van der Waals surface area contributed by atoms with Gasteiger partial charge in [-0.2, -0.15) is 0 Å². The van der Waals surface area contributed by atoms with Crippen LogP contribution >= 0.6 is 11.6 Å². The number of rotatable bonds is 3. The Labute approximate surface area is 123 Å². The maximum atomic E-state index is 11.9. The molecule has 2 aromatic rings. The Kier molecular flexibility index (Phi) is 3.90. The van der Waals surface area contributed by atoms with Crippen LogP contribution < -0.4 is 11.1 Å². The average Bonchev–Trinajstić information content (AvgIpc) is 2.61. The summed E-state index contributed by atoms with van der Waals surface area (Å²) in [6.07, 6.45) is 0.332. The number of halogens is 1. The maximum Gasteiger partial charge on any atom is 0.222 e. The lowest BCUT2D eigenvalue weighted by molar-refractivity contribution is -0.122. The molecule has 0 spiro atoms. The summed E-state index contributed by atoms with van der Waals surface area (Å²) < 4.78 is 1.78. The van der Waals surface area contributed by atoms with Gasteiger partial charge in [0.25, 0.3) is 0 Å². The largest absolute Gasteiger partial charge is 0.369 e. The van der Waals surface area contributed by atoms with Crippen molar-refractivity contribution in [1.82, 2.24) is 14.9 Å². The number of nitrogen functional groups attached to an aromatic ring is 1. The first-order valence-corrected chi connectivity index (χ1v) is 6.87. The smallest absolute Gasteiger partial charge is 0.222 e. The van der Waals surface area contributed by atoms with Crippen LogP contribution in [0.1, 0.15) is 27.2 Å². The minimum atomic E-state index is -0.239. The Morgan fingerprint density at radius 3 is 2.80 bits per heavy atom. The number of anilines is 1. The molecule has 20 heavy (non-hydrogen) atoms. The Hall–Kier alpha value is -1.75. The molecule has 1 aromatic carbocycles. The number of carbonyl (C=O) groups excluding carboxylic acids is 1. The molecule has 0 atom stereocenters. The summed E-state index contributed by atoms with van der Waals surface area (Å²) in [7, 11) is 0. The van der Waals surface area contributed by atoms with E-state index in [0.29, 0.717) is 23.9 Å². The molecule has 0 saturated carbocycles. The van der Waals surface area contributed by atoms with E-state index >= 15 is 0 Å². The first kappa shape index (κ1) is 14.7. The second-order valence-electron chi connectivity index (χ2n) is 5.78. The molecule has 1 heterocycles. The second-order valence-corrected chi connectivity index (χ2v) is 6.18. The fourth-order valence-electron chi connectivity index (χ4n) is 2.08. The molecule has 3 N–H and O–H groups in total. The van der Waals surface area contributed by atoms with Crippen molar-refractivity contribution in [2.75, 3.05) is 5.73 Å². The predicted molar refractivity (Wildman–Crippen MR) is 81.7 cm³/mol. The van der Waals surface area contributed by atoms with E-state index in [0.717, 1.165) is 11.0 Å². The Balaban J connectivity index is 2.18. The molecular weight excluding hydrogens is 276 g/mol. The standard InChI is InChI=1S/C14H19ClN4O/c1-14(2,3)18-11(20)7-8-19-12-9(15)5-4-6-10(12)17-13(19)16/h4-6H,7-8H2,1-3H3,(H2,16,17)(H,18,20). The van der Waals surface area contributed by atoms with Crippen molar-refractivity contribution in [1.29, 1.82) is 0 Å². The minimum Gasteiger partial charge on any atom is -0.369 e. The van der Waals surface area contributed by atoms with Crippen LogP contribution in [-0.4, -0.2) is 21.0 Å². The summed E-state index contributed by atoms with van der Waals surface area (Å²) in [5.41, 5.74) is 7.17. The summed E-state index contributed by atoms with van der Waals surface area (Å²) in [4.78, 5) is 16.1. The SMILES string of the molecule is CC(C)(C)NC(=O)CCn1c(N)nc2cccc(Cl)c21. The van der Waals surface area contributed by atoms with E-state index in [1.807, 2.05) is 32.9 Å². The van der Waals surface area contributed by atoms with Crippen LogP contribution in [0.25, 0.3) is 11.0 Å². The zero-order valence-corrected chi connectivity index (χ0v) is 12.7. The molecule has 0 aliphatic heterocycles. The molecule has 0 aliphatic carbocycles. The van der Waals surface area contributed by atoms with Crippen LogP contribution in [0.4, 0.5) is 5.95 Å². The van der Waals surface area contributed by atoms with Crippen molar-refractivity contribution in [2.45, 2.75) is 39.3 Å². The number of carbonyl (C=O) groups is 1. The fraction of sp³-hybridized carbons (Fsp3) is 0.429. The number of para-hydroxylation sites is 1. The molecule has 1 amide bonds. The van der Waals surface area contributed by atoms with E-state index in [-0.39, 0.29) is 11.4 Å². The number of aromatic nitrogens is 2. The Morgan fingerprint density at radius 1 is 1.45 bits per heavy atom. The second kappa shape index (κ2) is 5.32. The molecule has 2 rings (SSSR count). The number of fused-ring (bicyclic) bond motifs is 1. The van der Waals surface area contributed by atoms with Gasteiger partial charge in [-0.05, 0) is 32.9 Å². The lowest BCUT2D eigenvalue weighted by Crippen LogP contribution is -2.40. The van der Waals surface area contributed by atoms with Crippen LogP contribution in [-0.2, 0) is 11.3 Å². The minimum absolute atomic E-state index is 0.0224. The monoisotopic (exact) mass is 294 g/mol. The highest BCUT2D eigenvalue weighted by molar-refractivity contribution is 6.35. The first-order chi connectivity index (χ1) is 9.28. The van der Waals surface area contributed by atoms with Crippen LogP contribution in [0.15, 0.2) is 18.2 Å². The van der Waals surface area contributed by atoms with Crippen molar-refractivity contribution in [3.63, 3.8) is 0 Å². The molecule has 0 aliphatic rings. The summed E-state index contributed by atoms with van der Waals surface area (Å²) in [5, 5.41) is 3.50. The number of hydrogen-bond acceptors (Lipinski definition) is 3. The molecule has 0 saturated heterocycles. The van der Waals surface area contributed by atoms with E-state index in [4.69, 9.17) is 17.3 Å². The highest BCUT2D eigenvalue weighted by atomic mass is 35.5. The zero-order chi connectivity index (χ0) is 14.9. The Bertz CT molecular complexity index is 642. The molecule has 0 fully saturated rings. The number of benzene rings is 1. The molecule has 0 radical (unpaired) electrons. The number of nitrogens with two attached hydrogens (primary N) is 1. The highest BCUT2D eigenvalue weighted by Crippen LogP contribution is 2.25. The van der Waals surface area contributed by atoms with Crippen molar-refractivity contribution in [3.8, 4) is 0 Å². The van der Waals surface area contributed by atoms with Crippen molar-refractivity contribution in [2.24, 2.45) is 0 Å². The lowest BCUT2D eigenvalue weighted by Gasteiger charge is -2.20. The maximum absolute atomic E-state index is 11.9. The lowest BCUT2D eigenvalue weighted by atomic mass is 10.1. The van der Waals surface area contributed by atoms with E-state index < -0.39 is 0 Å². The molecule has 6 heteroatoms. The van der Waals surface area contributed by atoms with E-state index in [1.165, 1.54) is 0 Å². The Morgan fingerprint density at radius 2 is 2.15 bits per heavy atom. The number of hydrogen-bond donors (Lipinski definition) is 2. The van der Waals surface area contributed by atoms with Crippen molar-refractivity contribution < 1.29 is 4.79 Å². The van der Waals surface area contributed by atoms with Gasteiger partial charge in [-0.15, -0.1) is 0 Å². The van der Waals surface area contributed by atoms with Gasteiger partial charge in [0.05, 0.1) is 16.1 Å². The molecule has 108 valence electrons. The third kappa shape index (κ3) is 3.22. The van der Waals surface area contributed by atoms with Crippen LogP contribution in [0.3, 0.4) is 0 Å². The first-order valence-electron chi connectivity index (χ1n) is 6.49. The van der Waals surface area contributed by atoms with E-state index in [9.17, 15) is 4.79 Å². The van der Waals surface area contributed by atoms with Gasteiger partial charge in [-0.3, -0.25) is 4.79 Å². The average molecular weight is 295 g/mol. The van der Waals surface area contributed by atoms with Gasteiger partial charge in [-0.1, -0.05) is 17.7 Å². The summed E-state index contributed by atoms with van der Waals surface area (Å²) in [5.74, 6) is 0.350. The quantitative estimate of drug-likeness (QED) is 0.914. The number of amides is 1. The highest BCUT2D eigenvalue weighted by Gasteiger charge is 2.16. The van der Waals surface area contributed by atoms with Crippen LogP contribution in [0.5, 0.6) is 0 Å². The van der Waals surface area contributed by atoms with Gasteiger partial charge in [0.1, 0.15) is 0 Å². The third-order valence-electron chi connectivity index (χ3n) is 2.82. The summed E-state index contributed by atoms with van der Waals surface area (Å²) in [6, 6.07) is 5.47. The third-order valence-corrected chi connectivity index (χ3v) is 3.13. The number of imidazole rings is 1. The van der Waals surface area contributed by atoms with Gasteiger partial charge in [0.2, 0.25) is 11.9 Å². The van der Waals surface area contributed by atoms with Gasteiger partial charge in [0.15, 0.2) is 0 Å². The molecule has 0 bridgehead atoms. The number of nitrogens with one attached hydrogen (secondary N) is 1. The van der Waals surface area contributed by atoms with Gasteiger partial charge >= 0.3 is 0 Å². The van der Waals surface area contributed by atoms with Gasteiger partial charge in [-0.25, -0.2) is 4.98 Å². The number of aryl methyl sites for hydroxylation is 1. The van der Waals surface area contributed by atoms with Crippen LogP contribution in [0.2, 0.25) is 5.02 Å². The number of nitrogens with zero attached hydrogens (tertiary/aromatic N) is 2. The van der Waals surface area contributed by atoms with Gasteiger partial charge < -0.3 is 15.6 Å². The zero-order valence-electron chi connectivity index (χ0n) is 11.9. The van der Waals surface area contributed by atoms with Crippen molar-refractivity contribution in [3.05, 3.63) is 23.2 Å². The molecule has 1 aromatic heterocycles. The predicted octanol–water partition coefficient (Wildman–Crippen LogP) is 2.58. The molecule has 0 unspecified atom stereocenters. The summed E-state index contributed by atoms with van der Waals surface area (Å²) >= 11 is 6.18. The normalized spacial score (nSPS) is 11.8. The fourth-order valence-corrected chi connectivity index (χ4v) is 2.35. The molecular formula is C14H19ClN4O. The van der Waals surface area contributed by atoms with Crippen LogP contribution in [0, 0.1) is 0 Å². The van der Waals surface area contributed by atoms with E-state index in [2.05, 4.69) is 10.3 Å². The van der Waals surface area contributed by atoms with Crippen molar-refractivity contribution >= 4 is 34.5 Å². The van der Waals surface area contributed by atoms with E-state index in [1.54, 1.807) is 10.6 Å². The topological polar surface area (TPSA) is 72.9 Å².